The Labute approximate surface area is 150 Å². The molecule has 0 aliphatic carbocycles. The first-order valence-corrected chi connectivity index (χ1v) is 9.47. The second kappa shape index (κ2) is 7.47. The molecule has 25 heavy (non-hydrogen) atoms. The highest BCUT2D eigenvalue weighted by molar-refractivity contribution is 7.10. The van der Waals surface area contributed by atoms with Crippen LogP contribution in [0.4, 0.5) is 0 Å². The van der Waals surface area contributed by atoms with Crippen LogP contribution in [0.25, 0.3) is 11.3 Å². The fourth-order valence-corrected chi connectivity index (χ4v) is 4.18. The molecule has 1 aliphatic rings. The highest BCUT2D eigenvalue weighted by Crippen LogP contribution is 2.33. The zero-order chi connectivity index (χ0) is 17.1. The first kappa shape index (κ1) is 16.4. The molecule has 0 aromatic carbocycles. The van der Waals surface area contributed by atoms with Gasteiger partial charge in [-0.05, 0) is 55.4 Å². The predicted molar refractivity (Wildman–Crippen MR) is 97.0 cm³/mol. The van der Waals surface area contributed by atoms with Gasteiger partial charge < -0.3 is 9.63 Å². The number of aliphatic hydroxyl groups is 1. The van der Waals surface area contributed by atoms with Gasteiger partial charge >= 0.3 is 0 Å². The van der Waals surface area contributed by atoms with Crippen molar-refractivity contribution in [3.05, 3.63) is 58.7 Å². The van der Waals surface area contributed by atoms with E-state index in [1.165, 1.54) is 0 Å². The Morgan fingerprint density at radius 1 is 1.28 bits per heavy atom. The molecule has 0 spiro atoms. The van der Waals surface area contributed by atoms with Crippen molar-refractivity contribution < 1.29 is 9.63 Å². The van der Waals surface area contributed by atoms with Crippen molar-refractivity contribution in [2.75, 3.05) is 13.1 Å². The van der Waals surface area contributed by atoms with Crippen molar-refractivity contribution in [1.82, 2.24) is 15.0 Å². The topological polar surface area (TPSA) is 62.4 Å². The van der Waals surface area contributed by atoms with Crippen LogP contribution in [0.1, 0.15) is 29.6 Å². The van der Waals surface area contributed by atoms with Gasteiger partial charge in [0.1, 0.15) is 5.69 Å². The van der Waals surface area contributed by atoms with E-state index in [0.717, 1.165) is 54.4 Å². The zero-order valence-electron chi connectivity index (χ0n) is 13.9. The first-order chi connectivity index (χ1) is 12.3. The lowest BCUT2D eigenvalue weighted by Gasteiger charge is -2.33. The van der Waals surface area contributed by atoms with E-state index in [1.807, 2.05) is 35.7 Å². The molecule has 1 unspecified atom stereocenters. The minimum Gasteiger partial charge on any atom is -0.387 e. The Morgan fingerprint density at radius 2 is 2.16 bits per heavy atom. The molecule has 0 radical (unpaired) electrons. The van der Waals surface area contributed by atoms with Gasteiger partial charge in [-0.15, -0.1) is 11.3 Å². The summed E-state index contributed by atoms with van der Waals surface area (Å²) >= 11 is 1.64. The number of aromatic nitrogens is 2. The van der Waals surface area contributed by atoms with Gasteiger partial charge in [0.2, 0.25) is 0 Å². The Morgan fingerprint density at radius 3 is 2.88 bits per heavy atom. The summed E-state index contributed by atoms with van der Waals surface area (Å²) in [7, 11) is 0. The summed E-state index contributed by atoms with van der Waals surface area (Å²) in [6.07, 6.45) is 5.22. The van der Waals surface area contributed by atoms with E-state index in [9.17, 15) is 5.11 Å². The third kappa shape index (κ3) is 3.81. The fourth-order valence-electron chi connectivity index (χ4n) is 3.38. The van der Waals surface area contributed by atoms with Gasteiger partial charge in [-0.1, -0.05) is 11.2 Å². The third-order valence-electron chi connectivity index (χ3n) is 4.81. The van der Waals surface area contributed by atoms with Crippen LogP contribution in [-0.4, -0.2) is 33.2 Å². The van der Waals surface area contributed by atoms with Crippen LogP contribution in [0.15, 0.2) is 52.6 Å². The summed E-state index contributed by atoms with van der Waals surface area (Å²) < 4.78 is 5.49. The second-order valence-electron chi connectivity index (χ2n) is 6.49. The Bertz CT molecular complexity index is 780. The van der Waals surface area contributed by atoms with Crippen LogP contribution in [0.2, 0.25) is 0 Å². The molecule has 0 saturated carbocycles. The van der Waals surface area contributed by atoms with Gasteiger partial charge in [-0.3, -0.25) is 9.88 Å². The molecule has 4 heterocycles. The average Bonchev–Trinajstić information content (AvgIpc) is 3.35. The van der Waals surface area contributed by atoms with Crippen LogP contribution in [0, 0.1) is 5.92 Å². The molecule has 0 amide bonds. The van der Waals surface area contributed by atoms with Crippen LogP contribution in [-0.2, 0) is 6.54 Å². The predicted octanol–water partition coefficient (Wildman–Crippen LogP) is 3.74. The second-order valence-corrected chi connectivity index (χ2v) is 7.47. The number of pyridine rings is 1. The summed E-state index contributed by atoms with van der Waals surface area (Å²) in [6, 6.07) is 9.89. The maximum Gasteiger partial charge on any atom is 0.151 e. The minimum atomic E-state index is -0.329. The number of nitrogens with zero attached hydrogens (tertiary/aromatic N) is 3. The molecule has 1 aliphatic heterocycles. The van der Waals surface area contributed by atoms with Crippen LogP contribution < -0.4 is 0 Å². The molecular formula is C19H21N3O2S. The quantitative estimate of drug-likeness (QED) is 0.755. The lowest BCUT2D eigenvalue weighted by molar-refractivity contribution is 0.0565. The summed E-state index contributed by atoms with van der Waals surface area (Å²) in [4.78, 5) is 7.56. The van der Waals surface area contributed by atoms with Crippen molar-refractivity contribution in [3.63, 3.8) is 0 Å². The number of hydrogen-bond donors (Lipinski definition) is 1. The number of piperidine rings is 1. The average molecular weight is 355 g/mol. The van der Waals surface area contributed by atoms with Crippen molar-refractivity contribution in [2.45, 2.75) is 25.5 Å². The molecule has 5 nitrogen and oxygen atoms in total. The van der Waals surface area contributed by atoms with Crippen molar-refractivity contribution in [3.8, 4) is 11.3 Å². The number of rotatable bonds is 5. The molecule has 1 atom stereocenters. The summed E-state index contributed by atoms with van der Waals surface area (Å²) in [6.45, 7) is 2.70. The minimum absolute atomic E-state index is 0.329. The number of hydrogen-bond acceptors (Lipinski definition) is 6. The van der Waals surface area contributed by atoms with Crippen molar-refractivity contribution in [1.29, 1.82) is 0 Å². The fraction of sp³-hybridized carbons (Fsp3) is 0.368. The molecule has 1 fully saturated rings. The molecule has 4 rings (SSSR count). The monoisotopic (exact) mass is 355 g/mol. The molecule has 6 heteroatoms. The molecule has 0 bridgehead atoms. The molecule has 130 valence electrons. The van der Waals surface area contributed by atoms with Gasteiger partial charge in [0.05, 0.1) is 12.6 Å². The SMILES string of the molecule is OC(c1cccs1)C1CCN(Cc2cc(-c3cccnc3)no2)CC1. The maximum atomic E-state index is 10.5. The number of likely N-dealkylation sites (tertiary alicyclic amines) is 1. The van der Waals surface area contributed by atoms with Gasteiger partial charge in [0, 0.05) is 28.9 Å². The Kier molecular flexibility index (Phi) is 4.92. The molecule has 1 saturated heterocycles. The van der Waals surface area contributed by atoms with E-state index in [4.69, 9.17) is 4.52 Å². The summed E-state index contributed by atoms with van der Waals surface area (Å²) in [5, 5.41) is 16.7. The molecule has 3 aromatic rings. The van der Waals surface area contributed by atoms with Crippen molar-refractivity contribution >= 4 is 11.3 Å². The number of aliphatic hydroxyl groups excluding tert-OH is 1. The van der Waals surface area contributed by atoms with Gasteiger partial charge in [0.15, 0.2) is 5.76 Å². The van der Waals surface area contributed by atoms with Crippen LogP contribution in [0.5, 0.6) is 0 Å². The largest absolute Gasteiger partial charge is 0.387 e. The summed E-state index contributed by atoms with van der Waals surface area (Å²) in [5.41, 5.74) is 1.79. The molecular weight excluding hydrogens is 334 g/mol. The number of thiophene rings is 1. The molecule has 1 N–H and O–H groups in total. The normalized spacial score (nSPS) is 17.6. The standard InChI is InChI=1S/C19H21N3O2S/c23-19(18-4-2-10-25-18)14-5-8-22(9-6-14)13-16-11-17(21-24-16)15-3-1-7-20-12-15/h1-4,7,10-12,14,19,23H,5-6,8-9,13H2. The van der Waals surface area contributed by atoms with Crippen LogP contribution >= 0.6 is 11.3 Å². The van der Waals surface area contributed by atoms with E-state index in [0.29, 0.717) is 5.92 Å². The third-order valence-corrected chi connectivity index (χ3v) is 5.75. The highest BCUT2D eigenvalue weighted by Gasteiger charge is 2.27. The smallest absolute Gasteiger partial charge is 0.151 e. The highest BCUT2D eigenvalue weighted by atomic mass is 32.1. The lowest BCUT2D eigenvalue weighted by Crippen LogP contribution is -2.35. The van der Waals surface area contributed by atoms with Gasteiger partial charge in [-0.25, -0.2) is 0 Å². The Hall–Kier alpha value is -2.02. The maximum absolute atomic E-state index is 10.5. The molecule has 3 aromatic heterocycles. The van der Waals surface area contributed by atoms with Gasteiger partial charge in [-0.2, -0.15) is 0 Å². The summed E-state index contributed by atoms with van der Waals surface area (Å²) in [5.74, 6) is 1.21. The van der Waals surface area contributed by atoms with E-state index in [2.05, 4.69) is 15.0 Å². The van der Waals surface area contributed by atoms with Crippen LogP contribution in [0.3, 0.4) is 0 Å². The lowest BCUT2D eigenvalue weighted by atomic mass is 9.90. The van der Waals surface area contributed by atoms with E-state index >= 15 is 0 Å². The zero-order valence-corrected chi connectivity index (χ0v) is 14.7. The van der Waals surface area contributed by atoms with Gasteiger partial charge in [0.25, 0.3) is 0 Å². The first-order valence-electron chi connectivity index (χ1n) is 8.59. The van der Waals surface area contributed by atoms with Crippen molar-refractivity contribution in [2.24, 2.45) is 5.92 Å². The Balaban J connectivity index is 1.32. The van der Waals surface area contributed by atoms with E-state index in [-0.39, 0.29) is 6.10 Å². The van der Waals surface area contributed by atoms with E-state index in [1.54, 1.807) is 23.7 Å². The van der Waals surface area contributed by atoms with E-state index < -0.39 is 0 Å².